The second kappa shape index (κ2) is 13.6. The number of aromatic nitrogens is 2. The molecule has 0 spiro atoms. The van der Waals surface area contributed by atoms with Gasteiger partial charge in [0.25, 0.3) is 0 Å². The molecular weight excluding hydrogens is 649 g/mol. The van der Waals surface area contributed by atoms with Gasteiger partial charge in [-0.3, -0.25) is 9.69 Å². The second-order valence-electron chi connectivity index (χ2n) is 16.2. The van der Waals surface area contributed by atoms with E-state index >= 15 is 0 Å². The molecule has 0 atom stereocenters. The van der Waals surface area contributed by atoms with Crippen molar-refractivity contribution in [3.05, 3.63) is 58.9 Å². The number of β-amino-alcohol motifs (C(OH)–C–C–N with tert-alkyl or cyclic N) is 1. The largest absolute Gasteiger partial charge is 0.496 e. The highest BCUT2D eigenvalue weighted by Gasteiger charge is 2.51. The molecule has 2 bridgehead atoms. The van der Waals surface area contributed by atoms with Gasteiger partial charge in [0.05, 0.1) is 35.7 Å². The molecule has 1 aromatic carbocycles. The van der Waals surface area contributed by atoms with Gasteiger partial charge in [0.15, 0.2) is 0 Å². The van der Waals surface area contributed by atoms with Gasteiger partial charge in [0.2, 0.25) is 5.91 Å². The van der Waals surface area contributed by atoms with Gasteiger partial charge >= 0.3 is 6.09 Å². The maximum Gasteiger partial charge on any atom is 0.410 e. The van der Waals surface area contributed by atoms with Crippen LogP contribution in [0.2, 0.25) is 0 Å². The zero-order chi connectivity index (χ0) is 35.3. The molecule has 3 heterocycles. The molecular formula is C40H52N4O5S. The number of carbonyl (C=O) groups is 2. The Morgan fingerprint density at radius 1 is 1.02 bits per heavy atom. The van der Waals surface area contributed by atoms with Crippen LogP contribution < -0.4 is 9.64 Å². The average Bonchev–Trinajstić information content (AvgIpc) is 3.62. The topological polar surface area (TPSA) is 105 Å². The van der Waals surface area contributed by atoms with Crippen LogP contribution in [0.1, 0.15) is 107 Å². The standard InChI is InChI=1S/C40H52N4O5S/c1-26(2)35-42-22-33(50-35)29-12-19-41-34(21-29)44(36(45)28-6-9-31(10-7-28)49-37(46)43-23-38(4,47)24-43)25-39-13-16-40(17-14-39,18-15-39)30-8-11-32(48-5)27(3)20-30/h8,11-12,19-22,26,28,31,47H,6-7,9-10,13-18,23-25H2,1-5H3. The van der Waals surface area contributed by atoms with E-state index in [-0.39, 0.29) is 34.9 Å². The minimum absolute atomic E-state index is 0.0526. The van der Waals surface area contributed by atoms with E-state index in [4.69, 9.17) is 14.5 Å². The van der Waals surface area contributed by atoms with Crippen LogP contribution in [0.15, 0.2) is 42.7 Å². The number of rotatable bonds is 9. The molecule has 4 saturated carbocycles. The minimum atomic E-state index is -0.832. The normalized spacial score (nSPS) is 27.1. The summed E-state index contributed by atoms with van der Waals surface area (Å²) in [6.45, 7) is 9.43. The monoisotopic (exact) mass is 700 g/mol. The predicted molar refractivity (Wildman–Crippen MR) is 196 cm³/mol. The maximum atomic E-state index is 14.7. The fourth-order valence-corrected chi connectivity index (χ4v) is 9.84. The third kappa shape index (κ3) is 6.90. The number of methoxy groups -OCH3 is 1. The van der Waals surface area contributed by atoms with Gasteiger partial charge in [-0.2, -0.15) is 0 Å². The fourth-order valence-electron chi connectivity index (χ4n) is 8.93. The molecule has 10 heteroatoms. The quantitative estimate of drug-likeness (QED) is 0.241. The number of hydrogen-bond donors (Lipinski definition) is 1. The summed E-state index contributed by atoms with van der Waals surface area (Å²) in [4.78, 5) is 41.4. The van der Waals surface area contributed by atoms with E-state index in [0.717, 1.165) is 59.7 Å². The number of likely N-dealkylation sites (tertiary alicyclic amines) is 1. The number of ether oxygens (including phenoxy) is 2. The van der Waals surface area contributed by atoms with E-state index in [0.29, 0.717) is 57.1 Å². The van der Waals surface area contributed by atoms with E-state index in [1.165, 1.54) is 11.1 Å². The van der Waals surface area contributed by atoms with E-state index in [2.05, 4.69) is 50.0 Å². The SMILES string of the molecule is COc1ccc(C23CCC(CN(C(=O)C4CCC(OC(=O)N5CC(C)(O)C5)CC4)c4cc(-c5cnc(C(C)C)s5)ccn4)(CC2)CC3)cc1C. The molecule has 50 heavy (non-hydrogen) atoms. The molecule has 1 saturated heterocycles. The van der Waals surface area contributed by atoms with Crippen molar-refractivity contribution in [3.8, 4) is 16.2 Å². The van der Waals surface area contributed by atoms with Gasteiger partial charge in [-0.25, -0.2) is 14.8 Å². The molecule has 8 rings (SSSR count). The molecule has 0 radical (unpaired) electrons. The first kappa shape index (κ1) is 34.9. The number of aliphatic hydroxyl groups is 1. The maximum absolute atomic E-state index is 14.7. The van der Waals surface area contributed by atoms with Crippen molar-refractivity contribution in [2.24, 2.45) is 11.3 Å². The number of anilines is 1. The number of pyridine rings is 1. The average molecular weight is 701 g/mol. The first-order valence-electron chi connectivity index (χ1n) is 18.4. The number of nitrogens with zero attached hydrogens (tertiary/aromatic N) is 4. The lowest BCUT2D eigenvalue weighted by atomic mass is 9.51. The van der Waals surface area contributed by atoms with Crippen molar-refractivity contribution >= 4 is 29.2 Å². The zero-order valence-corrected chi connectivity index (χ0v) is 31.1. The van der Waals surface area contributed by atoms with Crippen LogP contribution in [0.4, 0.5) is 10.6 Å². The Morgan fingerprint density at radius 2 is 1.72 bits per heavy atom. The smallest absolute Gasteiger partial charge is 0.410 e. The summed E-state index contributed by atoms with van der Waals surface area (Å²) in [6, 6.07) is 10.8. The first-order chi connectivity index (χ1) is 23.9. The number of hydrogen-bond acceptors (Lipinski definition) is 8. The molecule has 5 fully saturated rings. The molecule has 5 aliphatic rings. The van der Waals surface area contributed by atoms with Crippen LogP contribution in [-0.2, 0) is 14.9 Å². The predicted octanol–water partition coefficient (Wildman–Crippen LogP) is 8.03. The number of fused-ring (bicyclic) bond motifs is 3. The Labute approximate surface area is 300 Å². The summed E-state index contributed by atoms with van der Waals surface area (Å²) >= 11 is 1.70. The lowest BCUT2D eigenvalue weighted by molar-refractivity contribution is -0.125. The molecule has 1 N–H and O–H groups in total. The van der Waals surface area contributed by atoms with Gasteiger partial charge < -0.3 is 19.5 Å². The lowest BCUT2D eigenvalue weighted by Crippen LogP contribution is -2.62. The summed E-state index contributed by atoms with van der Waals surface area (Å²) in [5.41, 5.74) is 3.06. The Balaban J connectivity index is 1.09. The highest BCUT2D eigenvalue weighted by atomic mass is 32.1. The summed E-state index contributed by atoms with van der Waals surface area (Å²) in [5.74, 6) is 1.99. The van der Waals surface area contributed by atoms with Crippen molar-refractivity contribution in [3.63, 3.8) is 0 Å². The molecule has 1 aliphatic heterocycles. The fraction of sp³-hybridized carbons (Fsp3) is 0.600. The third-order valence-electron chi connectivity index (χ3n) is 12.1. The molecule has 268 valence electrons. The Bertz CT molecular complexity index is 1700. The zero-order valence-electron chi connectivity index (χ0n) is 30.2. The summed E-state index contributed by atoms with van der Waals surface area (Å²) in [7, 11) is 1.73. The van der Waals surface area contributed by atoms with Gasteiger partial charge in [-0.1, -0.05) is 26.0 Å². The van der Waals surface area contributed by atoms with E-state index in [1.807, 2.05) is 23.4 Å². The second-order valence-corrected chi connectivity index (χ2v) is 17.3. The van der Waals surface area contributed by atoms with Crippen molar-refractivity contribution in [1.29, 1.82) is 0 Å². The van der Waals surface area contributed by atoms with Crippen molar-refractivity contribution < 1.29 is 24.2 Å². The number of aryl methyl sites for hydroxylation is 1. The van der Waals surface area contributed by atoms with Crippen LogP contribution in [0.5, 0.6) is 5.75 Å². The molecule has 3 aromatic rings. The van der Waals surface area contributed by atoms with E-state index in [1.54, 1.807) is 30.3 Å². The highest BCUT2D eigenvalue weighted by Crippen LogP contribution is 2.58. The van der Waals surface area contributed by atoms with Crippen LogP contribution in [0.25, 0.3) is 10.4 Å². The van der Waals surface area contributed by atoms with Crippen molar-refractivity contribution in [2.75, 3.05) is 31.6 Å². The van der Waals surface area contributed by atoms with Crippen LogP contribution >= 0.6 is 11.3 Å². The van der Waals surface area contributed by atoms with Crippen LogP contribution in [0, 0.1) is 18.3 Å². The van der Waals surface area contributed by atoms with Crippen LogP contribution in [-0.4, -0.2) is 70.4 Å². The number of carbonyl (C=O) groups excluding carboxylic acids is 2. The molecule has 4 aliphatic carbocycles. The lowest BCUT2D eigenvalue weighted by Gasteiger charge is -2.55. The minimum Gasteiger partial charge on any atom is -0.496 e. The number of amides is 2. The molecule has 0 unspecified atom stereocenters. The van der Waals surface area contributed by atoms with Crippen molar-refractivity contribution in [2.45, 2.75) is 115 Å². The Morgan fingerprint density at radius 3 is 2.32 bits per heavy atom. The number of thiazole rings is 1. The molecule has 2 aromatic heterocycles. The van der Waals surface area contributed by atoms with E-state index < -0.39 is 5.60 Å². The number of benzene rings is 1. The van der Waals surface area contributed by atoms with Gasteiger partial charge in [0.1, 0.15) is 17.7 Å². The third-order valence-corrected chi connectivity index (χ3v) is 13.5. The Hall–Kier alpha value is -3.50. The summed E-state index contributed by atoms with van der Waals surface area (Å²) in [6.07, 6.45) is 12.5. The van der Waals surface area contributed by atoms with Crippen LogP contribution in [0.3, 0.4) is 0 Å². The summed E-state index contributed by atoms with van der Waals surface area (Å²) in [5, 5.41) is 11.1. The highest BCUT2D eigenvalue weighted by molar-refractivity contribution is 7.15. The van der Waals surface area contributed by atoms with E-state index in [9.17, 15) is 14.7 Å². The van der Waals surface area contributed by atoms with Gasteiger partial charge in [0, 0.05) is 30.8 Å². The first-order valence-corrected chi connectivity index (χ1v) is 19.3. The van der Waals surface area contributed by atoms with Crippen molar-refractivity contribution in [1.82, 2.24) is 14.9 Å². The van der Waals surface area contributed by atoms with Gasteiger partial charge in [-0.05, 0) is 124 Å². The van der Waals surface area contributed by atoms with Gasteiger partial charge in [-0.15, -0.1) is 11.3 Å². The molecule has 9 nitrogen and oxygen atoms in total. The molecule has 2 amide bonds. The summed E-state index contributed by atoms with van der Waals surface area (Å²) < 4.78 is 11.4. The Kier molecular flexibility index (Phi) is 9.48.